The van der Waals surface area contributed by atoms with Crippen LogP contribution in [-0.4, -0.2) is 140 Å². The Morgan fingerprint density at radius 1 is 0.427 bits per heavy atom. The molecule has 9 N–H and O–H groups in total. The zero-order chi connectivity index (χ0) is 59.5. The van der Waals surface area contributed by atoms with Crippen molar-refractivity contribution in [3.8, 4) is 0 Å². The lowest BCUT2D eigenvalue weighted by atomic mass is 9.97. The Labute approximate surface area is 500 Å². The molecule has 2 fully saturated rings. The highest BCUT2D eigenvalue weighted by Gasteiger charge is 2.51. The predicted molar refractivity (Wildman–Crippen MR) is 332 cm³/mol. The standard InChI is InChI=1S/C68H127NO13/c1-3-5-7-9-11-13-15-17-19-21-23-25-27-28-30-31-33-35-37-39-41-43-45-47-49-51-57(72)56(55-79-67-65(78)63(76)66(59(54-71)81-67)82-68-64(77)62(75)61(74)58(53-70)80-68)69-60(73)52-50-48-46-44-42-40-38-36-34-32-29-26-24-22-20-18-16-14-12-10-8-6-4-2/h33,35,41,43,49,51,56-59,61-68,70-72,74-78H,3-32,34,36-40,42,44-48,50,52-55H2,1-2H3,(H,69,73)/b35-33+,43-41+,51-49+. The number of rotatable bonds is 56. The maximum atomic E-state index is 13.3. The van der Waals surface area contributed by atoms with Crippen molar-refractivity contribution in [2.75, 3.05) is 19.8 Å². The molecule has 2 aliphatic heterocycles. The van der Waals surface area contributed by atoms with Gasteiger partial charge in [-0.25, -0.2) is 0 Å². The molecule has 0 radical (unpaired) electrons. The predicted octanol–water partition coefficient (Wildman–Crippen LogP) is 13.3. The molecule has 2 rings (SSSR count). The largest absolute Gasteiger partial charge is 0.394 e. The summed E-state index contributed by atoms with van der Waals surface area (Å²) < 4.78 is 22.8. The Morgan fingerprint density at radius 2 is 0.780 bits per heavy atom. The zero-order valence-electron chi connectivity index (χ0n) is 52.2. The van der Waals surface area contributed by atoms with Crippen molar-refractivity contribution in [2.24, 2.45) is 0 Å². The second-order valence-electron chi connectivity index (χ2n) is 24.3. The molecule has 0 bridgehead atoms. The van der Waals surface area contributed by atoms with Gasteiger partial charge >= 0.3 is 0 Å². The van der Waals surface area contributed by atoms with E-state index < -0.39 is 86.8 Å². The number of carbonyl (C=O) groups is 1. The maximum absolute atomic E-state index is 13.3. The van der Waals surface area contributed by atoms with Crippen molar-refractivity contribution < 1.29 is 64.6 Å². The van der Waals surface area contributed by atoms with Gasteiger partial charge in [0, 0.05) is 6.42 Å². The van der Waals surface area contributed by atoms with E-state index in [4.69, 9.17) is 18.9 Å². The number of allylic oxidation sites excluding steroid dienone is 5. The van der Waals surface area contributed by atoms with Crippen molar-refractivity contribution in [1.29, 1.82) is 0 Å². The molecular formula is C68H127NO13. The fraction of sp³-hybridized carbons (Fsp3) is 0.897. The quantitative estimate of drug-likeness (QED) is 0.0204. The first-order valence-electron chi connectivity index (χ1n) is 34.2. The average molecular weight is 1170 g/mol. The molecule has 12 atom stereocenters. The molecule has 0 aromatic rings. The molecule has 0 spiro atoms. The Hall–Kier alpha value is -1.79. The van der Waals surface area contributed by atoms with Crippen LogP contribution >= 0.6 is 0 Å². The van der Waals surface area contributed by atoms with Gasteiger partial charge in [0.2, 0.25) is 5.91 Å². The van der Waals surface area contributed by atoms with E-state index in [1.54, 1.807) is 6.08 Å². The van der Waals surface area contributed by atoms with Gasteiger partial charge < -0.3 is 65.1 Å². The third-order valence-corrected chi connectivity index (χ3v) is 16.8. The molecule has 0 aromatic carbocycles. The molecule has 14 heteroatoms. The number of aliphatic hydroxyl groups is 8. The first-order valence-corrected chi connectivity index (χ1v) is 34.2. The van der Waals surface area contributed by atoms with Crippen molar-refractivity contribution in [3.63, 3.8) is 0 Å². The van der Waals surface area contributed by atoms with Crippen LogP contribution in [0.5, 0.6) is 0 Å². The number of ether oxygens (including phenoxy) is 4. The number of hydrogen-bond donors (Lipinski definition) is 9. The lowest BCUT2D eigenvalue weighted by Crippen LogP contribution is -2.65. The summed E-state index contributed by atoms with van der Waals surface area (Å²) in [5.41, 5.74) is 0. The Balaban J connectivity index is 1.72. The zero-order valence-corrected chi connectivity index (χ0v) is 52.2. The molecule has 82 heavy (non-hydrogen) atoms. The summed E-state index contributed by atoms with van der Waals surface area (Å²) >= 11 is 0. The van der Waals surface area contributed by atoms with Gasteiger partial charge in [-0.15, -0.1) is 0 Å². The van der Waals surface area contributed by atoms with Gasteiger partial charge in [0.25, 0.3) is 0 Å². The molecule has 482 valence electrons. The molecule has 0 aliphatic carbocycles. The van der Waals surface area contributed by atoms with Crippen LogP contribution in [0.3, 0.4) is 0 Å². The Kier molecular flexibility index (Phi) is 49.7. The summed E-state index contributed by atoms with van der Waals surface area (Å²) in [5.74, 6) is -0.247. The minimum atomic E-state index is -1.79. The van der Waals surface area contributed by atoms with Gasteiger partial charge in [0.15, 0.2) is 12.6 Å². The van der Waals surface area contributed by atoms with Gasteiger partial charge in [0.05, 0.1) is 32.0 Å². The van der Waals surface area contributed by atoms with Crippen molar-refractivity contribution in [2.45, 2.75) is 370 Å². The number of hydrogen-bond acceptors (Lipinski definition) is 13. The molecular weight excluding hydrogens is 1040 g/mol. The third-order valence-electron chi connectivity index (χ3n) is 16.8. The summed E-state index contributed by atoms with van der Waals surface area (Å²) in [6, 6.07) is -0.936. The molecule has 2 saturated heterocycles. The summed E-state index contributed by atoms with van der Waals surface area (Å²) in [4.78, 5) is 13.3. The van der Waals surface area contributed by atoms with Gasteiger partial charge in [-0.05, 0) is 44.9 Å². The van der Waals surface area contributed by atoms with E-state index in [2.05, 4.69) is 43.5 Å². The molecule has 1 amide bonds. The number of aliphatic hydroxyl groups excluding tert-OH is 8. The van der Waals surface area contributed by atoms with Gasteiger partial charge in [-0.1, -0.05) is 281 Å². The molecule has 12 unspecified atom stereocenters. The minimum absolute atomic E-state index is 0.247. The van der Waals surface area contributed by atoms with E-state index in [-0.39, 0.29) is 18.9 Å². The first kappa shape index (κ1) is 76.3. The van der Waals surface area contributed by atoms with Crippen LogP contribution < -0.4 is 5.32 Å². The number of amides is 1. The van der Waals surface area contributed by atoms with E-state index in [9.17, 15) is 45.6 Å². The van der Waals surface area contributed by atoms with Crippen LogP contribution in [0.2, 0.25) is 0 Å². The molecule has 14 nitrogen and oxygen atoms in total. The van der Waals surface area contributed by atoms with E-state index >= 15 is 0 Å². The van der Waals surface area contributed by atoms with Gasteiger partial charge in [-0.3, -0.25) is 4.79 Å². The van der Waals surface area contributed by atoms with Crippen LogP contribution in [0.25, 0.3) is 0 Å². The number of nitrogens with one attached hydrogen (secondary N) is 1. The Morgan fingerprint density at radius 3 is 1.20 bits per heavy atom. The lowest BCUT2D eigenvalue weighted by molar-refractivity contribution is -0.359. The van der Waals surface area contributed by atoms with Crippen LogP contribution in [-0.2, 0) is 23.7 Å². The van der Waals surface area contributed by atoms with Crippen LogP contribution in [0.4, 0.5) is 0 Å². The Bertz CT molecular complexity index is 1510. The van der Waals surface area contributed by atoms with Gasteiger partial charge in [0.1, 0.15) is 48.8 Å². The third kappa shape index (κ3) is 37.7. The highest BCUT2D eigenvalue weighted by Crippen LogP contribution is 2.30. The van der Waals surface area contributed by atoms with E-state index in [0.717, 1.165) is 44.9 Å². The van der Waals surface area contributed by atoms with Crippen LogP contribution in [0.15, 0.2) is 36.5 Å². The normalized spacial score (nSPS) is 24.1. The average Bonchev–Trinajstić information content (AvgIpc) is 3.53. The highest BCUT2D eigenvalue weighted by molar-refractivity contribution is 5.76. The monoisotopic (exact) mass is 1170 g/mol. The lowest BCUT2D eigenvalue weighted by Gasteiger charge is -2.46. The highest BCUT2D eigenvalue weighted by atomic mass is 16.7. The first-order chi connectivity index (χ1) is 40.1. The summed E-state index contributed by atoms with van der Waals surface area (Å²) in [7, 11) is 0. The molecule has 0 aromatic heterocycles. The summed E-state index contributed by atoms with van der Waals surface area (Å²) in [5, 5.41) is 87.3. The topological polar surface area (TPSA) is 228 Å². The van der Waals surface area contributed by atoms with Crippen molar-refractivity contribution >= 4 is 5.91 Å². The SMILES string of the molecule is CCCCCCCCCCCCCCCCC/C=C/CC/C=C/CC/C=C/C(O)C(COC1OC(CO)C(OC2OC(CO)C(O)C(O)C2O)C(O)C1O)NC(=O)CCCCCCCCCCCCCCCCCCCCCCCCC. The minimum Gasteiger partial charge on any atom is -0.394 e. The van der Waals surface area contributed by atoms with Crippen molar-refractivity contribution in [1.82, 2.24) is 5.32 Å². The fourth-order valence-corrected chi connectivity index (χ4v) is 11.3. The van der Waals surface area contributed by atoms with E-state index in [0.29, 0.717) is 12.8 Å². The van der Waals surface area contributed by atoms with E-state index in [1.807, 2.05) is 6.08 Å². The second kappa shape index (κ2) is 53.4. The van der Waals surface area contributed by atoms with E-state index in [1.165, 1.54) is 218 Å². The smallest absolute Gasteiger partial charge is 0.220 e. The van der Waals surface area contributed by atoms with Crippen LogP contribution in [0.1, 0.15) is 296 Å². The summed E-state index contributed by atoms with van der Waals surface area (Å²) in [6.45, 7) is 2.82. The molecule has 0 saturated carbocycles. The number of unbranched alkanes of at least 4 members (excludes halogenated alkanes) is 39. The second-order valence-corrected chi connectivity index (χ2v) is 24.3. The van der Waals surface area contributed by atoms with Crippen LogP contribution in [0, 0.1) is 0 Å². The molecule has 2 heterocycles. The van der Waals surface area contributed by atoms with Gasteiger partial charge in [-0.2, -0.15) is 0 Å². The van der Waals surface area contributed by atoms with Crippen molar-refractivity contribution in [3.05, 3.63) is 36.5 Å². The fourth-order valence-electron chi connectivity index (χ4n) is 11.3. The number of carbonyl (C=O) groups excluding carboxylic acids is 1. The maximum Gasteiger partial charge on any atom is 0.220 e. The molecule has 2 aliphatic rings. The summed E-state index contributed by atoms with van der Waals surface area (Å²) in [6.07, 6.45) is 50.6.